The van der Waals surface area contributed by atoms with E-state index in [4.69, 9.17) is 4.42 Å². The van der Waals surface area contributed by atoms with E-state index in [2.05, 4.69) is 16.0 Å². The number of furan rings is 1. The predicted octanol–water partition coefficient (Wildman–Crippen LogP) is 3.87. The van der Waals surface area contributed by atoms with Gasteiger partial charge in [0.2, 0.25) is 0 Å². The van der Waals surface area contributed by atoms with Crippen molar-refractivity contribution in [3.05, 3.63) is 41.1 Å². The molecule has 0 spiro atoms. The summed E-state index contributed by atoms with van der Waals surface area (Å²) in [6.45, 7) is 3.80. The number of hydrogen-bond donors (Lipinski definition) is 1. The highest BCUT2D eigenvalue weighted by Gasteiger charge is 2.19. The topological polar surface area (TPSA) is 51.2 Å². The molecule has 4 heteroatoms. The molecule has 1 aliphatic rings. The minimum absolute atomic E-state index is 0.541. The summed E-state index contributed by atoms with van der Waals surface area (Å²) in [5.41, 5.74) is 1.83. The van der Waals surface area contributed by atoms with E-state index in [0.717, 1.165) is 22.8 Å². The monoisotopic (exact) mass is 288 g/mol. The second-order valence-electron chi connectivity index (χ2n) is 6.17. The molecule has 1 aliphatic carbocycles. The summed E-state index contributed by atoms with van der Waals surface area (Å²) in [5, 5.41) is 15.0. The molecule has 1 atom stereocenters. The molecular weight excluding hydrogens is 264 g/mol. The fraction of sp³-hybridized carbons (Fsp3) is 0.588. The Morgan fingerprint density at radius 2 is 2.10 bits per heavy atom. The van der Waals surface area contributed by atoms with Crippen molar-refractivity contribution in [1.29, 1.82) is 0 Å². The van der Waals surface area contributed by atoms with Gasteiger partial charge in [0.15, 0.2) is 0 Å². The zero-order chi connectivity index (χ0) is 14.8. The Labute approximate surface area is 125 Å². The molecule has 0 saturated heterocycles. The van der Waals surface area contributed by atoms with Gasteiger partial charge in [-0.1, -0.05) is 19.3 Å². The molecule has 0 aliphatic heterocycles. The Morgan fingerprint density at radius 1 is 1.33 bits per heavy atom. The minimum atomic E-state index is -0.544. The number of aliphatic hydroxyl groups excluding tert-OH is 1. The molecule has 114 valence electrons. The van der Waals surface area contributed by atoms with Crippen LogP contribution in [-0.4, -0.2) is 14.9 Å². The van der Waals surface area contributed by atoms with Crippen LogP contribution in [0.5, 0.6) is 0 Å². The van der Waals surface area contributed by atoms with E-state index in [0.29, 0.717) is 12.5 Å². The molecule has 3 rings (SSSR count). The van der Waals surface area contributed by atoms with E-state index in [-0.39, 0.29) is 0 Å². The Kier molecular flexibility index (Phi) is 4.15. The molecule has 1 N–H and O–H groups in total. The van der Waals surface area contributed by atoms with E-state index in [1.165, 1.54) is 32.1 Å². The van der Waals surface area contributed by atoms with E-state index < -0.39 is 6.10 Å². The first kappa shape index (κ1) is 14.4. The van der Waals surface area contributed by atoms with Crippen LogP contribution in [0.15, 0.2) is 22.7 Å². The third kappa shape index (κ3) is 3.21. The maximum atomic E-state index is 10.4. The summed E-state index contributed by atoms with van der Waals surface area (Å²) >= 11 is 0. The van der Waals surface area contributed by atoms with E-state index in [9.17, 15) is 5.11 Å². The molecule has 2 aromatic heterocycles. The number of aromatic nitrogens is 2. The van der Waals surface area contributed by atoms with Gasteiger partial charge in [0, 0.05) is 18.2 Å². The van der Waals surface area contributed by atoms with Gasteiger partial charge in [0.25, 0.3) is 0 Å². The molecule has 2 heterocycles. The molecular formula is C17H24N2O2. The second kappa shape index (κ2) is 6.06. The lowest BCUT2D eigenvalue weighted by Crippen LogP contribution is -2.13. The predicted molar refractivity (Wildman–Crippen MR) is 81.2 cm³/mol. The molecule has 1 saturated carbocycles. The Morgan fingerprint density at radius 3 is 2.76 bits per heavy atom. The van der Waals surface area contributed by atoms with Crippen LogP contribution in [0.4, 0.5) is 0 Å². The second-order valence-corrected chi connectivity index (χ2v) is 6.17. The largest absolute Gasteiger partial charge is 0.466 e. The summed E-state index contributed by atoms with van der Waals surface area (Å²) in [6, 6.07) is 4.49. The zero-order valence-corrected chi connectivity index (χ0v) is 12.9. The number of nitrogens with zero attached hydrogens (tertiary/aromatic N) is 2. The van der Waals surface area contributed by atoms with Crippen molar-refractivity contribution >= 4 is 0 Å². The van der Waals surface area contributed by atoms with Crippen LogP contribution < -0.4 is 0 Å². The highest BCUT2D eigenvalue weighted by Crippen LogP contribution is 2.28. The van der Waals surface area contributed by atoms with Crippen molar-refractivity contribution in [1.82, 2.24) is 9.78 Å². The lowest BCUT2D eigenvalue weighted by molar-refractivity contribution is 0.174. The molecule has 21 heavy (non-hydrogen) atoms. The van der Waals surface area contributed by atoms with Crippen molar-refractivity contribution in [3.8, 4) is 0 Å². The van der Waals surface area contributed by atoms with Crippen LogP contribution in [0.25, 0.3) is 0 Å². The number of aliphatic hydroxyl groups is 1. The van der Waals surface area contributed by atoms with Gasteiger partial charge in [0.05, 0.1) is 17.8 Å². The first-order valence-corrected chi connectivity index (χ1v) is 7.92. The van der Waals surface area contributed by atoms with E-state index in [1.54, 1.807) is 0 Å². The molecule has 4 nitrogen and oxygen atoms in total. The minimum Gasteiger partial charge on any atom is -0.466 e. The summed E-state index contributed by atoms with van der Waals surface area (Å²) in [4.78, 5) is 0. The maximum absolute atomic E-state index is 10.4. The molecule has 0 amide bonds. The Balaban J connectivity index is 1.67. The van der Waals surface area contributed by atoms with Crippen LogP contribution in [0.3, 0.4) is 0 Å². The lowest BCUT2D eigenvalue weighted by Gasteiger charge is -2.21. The number of aryl methyl sites for hydroxylation is 2. The average molecular weight is 288 g/mol. The fourth-order valence-electron chi connectivity index (χ4n) is 3.32. The molecule has 1 unspecified atom stereocenters. The third-order valence-electron chi connectivity index (χ3n) is 4.45. The van der Waals surface area contributed by atoms with Gasteiger partial charge in [-0.15, -0.1) is 0 Å². The van der Waals surface area contributed by atoms with Gasteiger partial charge in [-0.25, -0.2) is 0 Å². The van der Waals surface area contributed by atoms with E-state index in [1.807, 2.05) is 26.0 Å². The van der Waals surface area contributed by atoms with Gasteiger partial charge in [-0.3, -0.25) is 4.68 Å². The average Bonchev–Trinajstić information content (AvgIpc) is 3.06. The van der Waals surface area contributed by atoms with Crippen LogP contribution in [-0.2, 0) is 6.42 Å². The summed E-state index contributed by atoms with van der Waals surface area (Å²) in [5.74, 6) is 1.64. The molecule has 0 radical (unpaired) electrons. The highest BCUT2D eigenvalue weighted by atomic mass is 16.3. The van der Waals surface area contributed by atoms with Crippen molar-refractivity contribution in [2.24, 2.45) is 0 Å². The normalized spacial score (nSPS) is 18.0. The standard InChI is InChI=1S/C17H24N2O2/c1-12-10-16(13(2)21-12)17(20)11-14-8-9-19(18-14)15-6-4-3-5-7-15/h8-10,15,17,20H,3-7,11H2,1-2H3. The van der Waals surface area contributed by atoms with E-state index >= 15 is 0 Å². The van der Waals surface area contributed by atoms with Gasteiger partial charge in [-0.05, 0) is 38.8 Å². The Hall–Kier alpha value is -1.55. The molecule has 1 fully saturated rings. The van der Waals surface area contributed by atoms with Gasteiger partial charge in [0.1, 0.15) is 11.5 Å². The number of rotatable bonds is 4. The lowest BCUT2D eigenvalue weighted by atomic mass is 9.96. The van der Waals surface area contributed by atoms with Gasteiger partial charge >= 0.3 is 0 Å². The Bertz CT molecular complexity index is 594. The van der Waals surface area contributed by atoms with Crippen LogP contribution >= 0.6 is 0 Å². The fourth-order valence-corrected chi connectivity index (χ4v) is 3.32. The summed E-state index contributed by atoms with van der Waals surface area (Å²) < 4.78 is 7.58. The van der Waals surface area contributed by atoms with Gasteiger partial charge < -0.3 is 9.52 Å². The first-order valence-electron chi connectivity index (χ1n) is 7.92. The SMILES string of the molecule is Cc1cc(C(O)Cc2ccn(C3CCCCC3)n2)c(C)o1. The van der Waals surface area contributed by atoms with Crippen molar-refractivity contribution < 1.29 is 9.52 Å². The van der Waals surface area contributed by atoms with Crippen molar-refractivity contribution in [2.45, 2.75) is 64.5 Å². The highest BCUT2D eigenvalue weighted by molar-refractivity contribution is 5.24. The molecule has 2 aromatic rings. The van der Waals surface area contributed by atoms with Crippen molar-refractivity contribution in [2.75, 3.05) is 0 Å². The zero-order valence-electron chi connectivity index (χ0n) is 12.9. The first-order chi connectivity index (χ1) is 10.1. The number of hydrogen-bond acceptors (Lipinski definition) is 3. The van der Waals surface area contributed by atoms with Crippen LogP contribution in [0.1, 0.15) is 67.0 Å². The van der Waals surface area contributed by atoms with Gasteiger partial charge in [-0.2, -0.15) is 5.10 Å². The van der Waals surface area contributed by atoms with Crippen molar-refractivity contribution in [3.63, 3.8) is 0 Å². The maximum Gasteiger partial charge on any atom is 0.106 e. The van der Waals surface area contributed by atoms with Crippen LogP contribution in [0, 0.1) is 13.8 Å². The smallest absolute Gasteiger partial charge is 0.106 e. The molecule has 0 aromatic carbocycles. The molecule has 0 bridgehead atoms. The quantitative estimate of drug-likeness (QED) is 0.929. The van der Waals surface area contributed by atoms with Crippen LogP contribution in [0.2, 0.25) is 0 Å². The summed E-state index contributed by atoms with van der Waals surface area (Å²) in [6.07, 6.45) is 8.46. The summed E-state index contributed by atoms with van der Waals surface area (Å²) in [7, 11) is 0. The third-order valence-corrected chi connectivity index (χ3v) is 4.45.